The van der Waals surface area contributed by atoms with Gasteiger partial charge in [0.15, 0.2) is 0 Å². The first kappa shape index (κ1) is 12.3. The molecule has 1 N–H and O–H groups in total. The minimum atomic E-state index is 0.541. The average molecular weight is 247 g/mol. The molecule has 1 aromatic rings. The smallest absolute Gasteiger partial charge is 0.103 e. The van der Waals surface area contributed by atoms with E-state index >= 15 is 0 Å². The summed E-state index contributed by atoms with van der Waals surface area (Å²) in [4.78, 5) is 3.37. The van der Waals surface area contributed by atoms with Gasteiger partial charge in [0.25, 0.3) is 0 Å². The summed E-state index contributed by atoms with van der Waals surface area (Å²) in [5.41, 5.74) is 1.90. The van der Waals surface area contributed by atoms with Gasteiger partial charge in [-0.1, -0.05) is 6.07 Å². The van der Waals surface area contributed by atoms with E-state index in [0.29, 0.717) is 6.04 Å². The van der Waals surface area contributed by atoms with Gasteiger partial charge in [0.1, 0.15) is 6.07 Å². The van der Waals surface area contributed by atoms with Crippen LogP contribution >= 0.6 is 11.8 Å². The minimum absolute atomic E-state index is 0.541. The van der Waals surface area contributed by atoms with Crippen LogP contribution < -0.4 is 10.2 Å². The third kappa shape index (κ3) is 2.41. The van der Waals surface area contributed by atoms with Crippen molar-refractivity contribution in [1.29, 1.82) is 5.26 Å². The van der Waals surface area contributed by atoms with Gasteiger partial charge in [-0.25, -0.2) is 0 Å². The summed E-state index contributed by atoms with van der Waals surface area (Å²) in [5, 5.41) is 12.6. The van der Waals surface area contributed by atoms with E-state index < -0.39 is 0 Å². The van der Waals surface area contributed by atoms with Gasteiger partial charge in [-0.15, -0.1) is 11.8 Å². The summed E-state index contributed by atoms with van der Waals surface area (Å²) in [6.07, 6.45) is 3.16. The van der Waals surface area contributed by atoms with E-state index in [-0.39, 0.29) is 0 Å². The Labute approximate surface area is 107 Å². The van der Waals surface area contributed by atoms with Gasteiger partial charge in [-0.2, -0.15) is 5.26 Å². The summed E-state index contributed by atoms with van der Waals surface area (Å²) in [6.45, 7) is 2.01. The predicted molar refractivity (Wildman–Crippen MR) is 72.6 cm³/mol. The molecule has 0 aromatic heterocycles. The van der Waals surface area contributed by atoms with Gasteiger partial charge >= 0.3 is 0 Å². The van der Waals surface area contributed by atoms with Crippen molar-refractivity contribution in [3.05, 3.63) is 23.8 Å². The van der Waals surface area contributed by atoms with Crippen LogP contribution in [-0.4, -0.2) is 32.4 Å². The van der Waals surface area contributed by atoms with Crippen LogP contribution in [0.15, 0.2) is 23.1 Å². The quantitative estimate of drug-likeness (QED) is 0.830. The Hall–Kier alpha value is -1.18. The fourth-order valence-corrected chi connectivity index (χ4v) is 2.85. The van der Waals surface area contributed by atoms with Gasteiger partial charge in [0.05, 0.1) is 11.3 Å². The zero-order chi connectivity index (χ0) is 12.3. The minimum Gasteiger partial charge on any atom is -0.369 e. The number of anilines is 1. The van der Waals surface area contributed by atoms with Crippen molar-refractivity contribution >= 4 is 17.4 Å². The summed E-state index contributed by atoms with van der Waals surface area (Å²) in [7, 11) is 2.00. The maximum Gasteiger partial charge on any atom is 0.103 e. The number of hydrogen-bond acceptors (Lipinski definition) is 4. The monoisotopic (exact) mass is 247 g/mol. The van der Waals surface area contributed by atoms with Crippen LogP contribution in [0.4, 0.5) is 5.69 Å². The van der Waals surface area contributed by atoms with Gasteiger partial charge in [-0.05, 0) is 31.9 Å². The number of benzene rings is 1. The number of thioether (sulfide) groups is 1. The second kappa shape index (κ2) is 5.44. The normalized spacial score (nSPS) is 19.4. The summed E-state index contributed by atoms with van der Waals surface area (Å²) < 4.78 is 0. The first-order chi connectivity index (χ1) is 8.30. The van der Waals surface area contributed by atoms with Crippen LogP contribution in [0.25, 0.3) is 0 Å². The highest BCUT2D eigenvalue weighted by atomic mass is 32.2. The van der Waals surface area contributed by atoms with Crippen molar-refractivity contribution in [3.63, 3.8) is 0 Å². The van der Waals surface area contributed by atoms with E-state index in [9.17, 15) is 5.26 Å². The Kier molecular flexibility index (Phi) is 3.93. The number of rotatable bonds is 3. The molecular weight excluding hydrogens is 230 g/mol. The molecule has 1 aliphatic heterocycles. The average Bonchev–Trinajstić information content (AvgIpc) is 2.86. The van der Waals surface area contributed by atoms with Crippen LogP contribution in [0.5, 0.6) is 0 Å². The number of hydrogen-bond donors (Lipinski definition) is 1. The zero-order valence-electron chi connectivity index (χ0n) is 10.2. The highest BCUT2D eigenvalue weighted by Crippen LogP contribution is 2.30. The predicted octanol–water partition coefficient (Wildman–Crippen LogP) is 2.08. The Balaban J connectivity index is 2.30. The molecule has 1 unspecified atom stereocenters. The van der Waals surface area contributed by atoms with Crippen molar-refractivity contribution in [3.8, 4) is 6.07 Å². The standard InChI is InChI=1S/C13H17N3S/c1-15-10-6-7-16(9-10)12-4-3-5-13(17-2)11(12)8-14/h3-5,10,15H,6-7,9H2,1-2H3. The molecule has 1 heterocycles. The van der Waals surface area contributed by atoms with E-state index in [1.807, 2.05) is 25.4 Å². The van der Waals surface area contributed by atoms with Crippen molar-refractivity contribution in [2.75, 3.05) is 31.3 Å². The molecule has 0 amide bonds. The highest BCUT2D eigenvalue weighted by molar-refractivity contribution is 7.98. The Bertz CT molecular complexity index is 439. The first-order valence-corrected chi connectivity index (χ1v) is 7.02. The van der Waals surface area contributed by atoms with Crippen LogP contribution in [0.2, 0.25) is 0 Å². The number of likely N-dealkylation sites (N-methyl/N-ethyl adjacent to an activating group) is 1. The van der Waals surface area contributed by atoms with Crippen molar-refractivity contribution in [2.24, 2.45) is 0 Å². The van der Waals surface area contributed by atoms with Crippen LogP contribution in [0.3, 0.4) is 0 Å². The van der Waals surface area contributed by atoms with E-state index in [1.54, 1.807) is 11.8 Å². The molecule has 0 saturated carbocycles. The molecule has 17 heavy (non-hydrogen) atoms. The molecular formula is C13H17N3S. The van der Waals surface area contributed by atoms with Gasteiger partial charge in [0, 0.05) is 24.0 Å². The van der Waals surface area contributed by atoms with Crippen molar-refractivity contribution in [1.82, 2.24) is 5.32 Å². The van der Waals surface area contributed by atoms with Crippen LogP contribution in [-0.2, 0) is 0 Å². The highest BCUT2D eigenvalue weighted by Gasteiger charge is 2.23. The summed E-state index contributed by atoms with van der Waals surface area (Å²) in [5.74, 6) is 0. The summed E-state index contributed by atoms with van der Waals surface area (Å²) in [6, 6.07) is 8.98. The van der Waals surface area contributed by atoms with E-state index in [4.69, 9.17) is 0 Å². The van der Waals surface area contributed by atoms with E-state index in [1.165, 1.54) is 0 Å². The molecule has 1 fully saturated rings. The summed E-state index contributed by atoms with van der Waals surface area (Å²) >= 11 is 1.63. The molecule has 1 saturated heterocycles. The lowest BCUT2D eigenvalue weighted by atomic mass is 10.2. The number of nitrogens with zero attached hydrogens (tertiary/aromatic N) is 2. The SMILES string of the molecule is CNC1CCN(c2cccc(SC)c2C#N)C1. The molecule has 90 valence electrons. The second-order valence-electron chi connectivity index (χ2n) is 4.19. The second-order valence-corrected chi connectivity index (χ2v) is 5.03. The molecule has 1 atom stereocenters. The van der Waals surface area contributed by atoms with Crippen molar-refractivity contribution in [2.45, 2.75) is 17.4 Å². The molecule has 1 aromatic carbocycles. The maximum absolute atomic E-state index is 9.31. The molecule has 0 radical (unpaired) electrons. The lowest BCUT2D eigenvalue weighted by Crippen LogP contribution is -2.29. The third-order valence-electron chi connectivity index (χ3n) is 3.27. The fraction of sp³-hybridized carbons (Fsp3) is 0.462. The molecule has 2 rings (SSSR count). The Morgan fingerprint density at radius 2 is 2.35 bits per heavy atom. The van der Waals surface area contributed by atoms with Gasteiger partial charge in [-0.3, -0.25) is 0 Å². The lowest BCUT2D eigenvalue weighted by Gasteiger charge is -2.21. The molecule has 3 nitrogen and oxygen atoms in total. The van der Waals surface area contributed by atoms with E-state index in [0.717, 1.165) is 35.7 Å². The molecule has 0 spiro atoms. The van der Waals surface area contributed by atoms with Gasteiger partial charge < -0.3 is 10.2 Å². The molecule has 0 bridgehead atoms. The fourth-order valence-electron chi connectivity index (χ4n) is 2.28. The topological polar surface area (TPSA) is 39.1 Å². The molecule has 4 heteroatoms. The van der Waals surface area contributed by atoms with Gasteiger partial charge in [0.2, 0.25) is 0 Å². The molecule has 0 aliphatic carbocycles. The molecule has 1 aliphatic rings. The van der Waals surface area contributed by atoms with E-state index in [2.05, 4.69) is 22.4 Å². The lowest BCUT2D eigenvalue weighted by molar-refractivity contribution is 0.617. The zero-order valence-corrected chi connectivity index (χ0v) is 11.0. The Morgan fingerprint density at radius 3 is 2.94 bits per heavy atom. The third-order valence-corrected chi connectivity index (χ3v) is 4.05. The number of nitrogens with one attached hydrogen (secondary N) is 1. The number of nitriles is 1. The first-order valence-electron chi connectivity index (χ1n) is 5.79. The van der Waals surface area contributed by atoms with Crippen LogP contribution in [0.1, 0.15) is 12.0 Å². The van der Waals surface area contributed by atoms with Crippen molar-refractivity contribution < 1.29 is 0 Å². The largest absolute Gasteiger partial charge is 0.369 e. The maximum atomic E-state index is 9.31. The Morgan fingerprint density at radius 1 is 1.53 bits per heavy atom. The van der Waals surface area contributed by atoms with Crippen LogP contribution in [0, 0.1) is 11.3 Å².